The van der Waals surface area contributed by atoms with Crippen LogP contribution in [0.4, 0.5) is 0 Å². The van der Waals surface area contributed by atoms with Gasteiger partial charge in [-0.1, -0.05) is 12.1 Å². The molecule has 1 atom stereocenters. The second-order valence-corrected chi connectivity index (χ2v) is 10.3. The Balaban J connectivity index is 0.00000210. The minimum Gasteiger partial charge on any atom is -0.491 e. The van der Waals surface area contributed by atoms with Crippen molar-refractivity contribution in [3.63, 3.8) is 0 Å². The molecule has 152 valence electrons. The Morgan fingerprint density at radius 3 is 2.04 bits per heavy atom. The number of nitrogens with one attached hydrogen (secondary N) is 1. The van der Waals surface area contributed by atoms with Gasteiger partial charge in [0, 0.05) is 12.1 Å². The summed E-state index contributed by atoms with van der Waals surface area (Å²) in [5.74, 6) is 3.79. The van der Waals surface area contributed by atoms with Gasteiger partial charge in [-0.2, -0.15) is 0 Å². The summed E-state index contributed by atoms with van der Waals surface area (Å²) in [6.45, 7) is 7.19. The lowest BCUT2D eigenvalue weighted by molar-refractivity contribution is -0.00521. The third-order valence-electron chi connectivity index (χ3n) is 6.82. The van der Waals surface area contributed by atoms with Gasteiger partial charge in [-0.15, -0.1) is 12.4 Å². The minimum atomic E-state index is -0.489. The Labute approximate surface area is 170 Å². The highest BCUT2D eigenvalue weighted by Gasteiger charge is 2.51. The number of hydrogen-bond acceptors (Lipinski definition) is 3. The quantitative estimate of drug-likeness (QED) is 0.735. The molecule has 2 N–H and O–H groups in total. The van der Waals surface area contributed by atoms with Gasteiger partial charge in [0.25, 0.3) is 0 Å². The average molecular weight is 394 g/mol. The molecule has 0 aliphatic heterocycles. The van der Waals surface area contributed by atoms with Crippen molar-refractivity contribution in [3.8, 4) is 5.75 Å². The summed E-state index contributed by atoms with van der Waals surface area (Å²) in [5.41, 5.74) is 1.99. The van der Waals surface area contributed by atoms with Gasteiger partial charge in [-0.3, -0.25) is 0 Å². The second kappa shape index (κ2) is 7.93. The number of benzene rings is 1. The molecule has 0 aromatic heterocycles. The Hall–Kier alpha value is -0.770. The van der Waals surface area contributed by atoms with E-state index in [0.717, 1.165) is 23.5 Å². The summed E-state index contributed by atoms with van der Waals surface area (Å²) in [6.07, 6.45) is 8.17. The average Bonchev–Trinajstić information content (AvgIpc) is 2.57. The van der Waals surface area contributed by atoms with Crippen molar-refractivity contribution in [2.24, 2.45) is 17.8 Å². The van der Waals surface area contributed by atoms with Crippen LogP contribution in [0.3, 0.4) is 0 Å². The predicted molar refractivity (Wildman–Crippen MR) is 113 cm³/mol. The molecular weight excluding hydrogens is 358 g/mol. The molecule has 4 bridgehead atoms. The summed E-state index contributed by atoms with van der Waals surface area (Å²) in [7, 11) is 0. The highest BCUT2D eigenvalue weighted by Crippen LogP contribution is 2.60. The molecule has 0 amide bonds. The van der Waals surface area contributed by atoms with Gasteiger partial charge in [0.15, 0.2) is 0 Å². The van der Waals surface area contributed by atoms with Gasteiger partial charge < -0.3 is 15.2 Å². The number of aliphatic hydroxyl groups is 1. The molecule has 4 heteroatoms. The van der Waals surface area contributed by atoms with E-state index in [1.54, 1.807) is 0 Å². The zero-order chi connectivity index (χ0) is 18.4. The lowest BCUT2D eigenvalue weighted by atomic mass is 9.48. The van der Waals surface area contributed by atoms with Crippen LogP contribution in [0.2, 0.25) is 0 Å². The molecule has 0 radical (unpaired) electrons. The molecule has 4 fully saturated rings. The van der Waals surface area contributed by atoms with Crippen molar-refractivity contribution in [1.82, 2.24) is 5.32 Å². The Bertz CT molecular complexity index is 587. The molecule has 0 saturated heterocycles. The molecule has 0 heterocycles. The fourth-order valence-electron chi connectivity index (χ4n) is 6.04. The van der Waals surface area contributed by atoms with Crippen molar-refractivity contribution in [1.29, 1.82) is 0 Å². The maximum absolute atomic E-state index is 10.1. The van der Waals surface area contributed by atoms with Gasteiger partial charge in [-0.25, -0.2) is 0 Å². The molecular formula is C23H36ClNO2. The van der Waals surface area contributed by atoms with Crippen molar-refractivity contribution >= 4 is 12.4 Å². The van der Waals surface area contributed by atoms with E-state index in [-0.39, 0.29) is 17.9 Å². The molecule has 4 saturated carbocycles. The van der Waals surface area contributed by atoms with Crippen LogP contribution in [-0.2, 0) is 5.41 Å². The van der Waals surface area contributed by atoms with E-state index >= 15 is 0 Å². The SMILES string of the molecule is CC(C)(C)NCC(O)COc1ccc(C23CC4CC(CC(C4)C2)C3)cc1.Cl. The van der Waals surface area contributed by atoms with E-state index in [0.29, 0.717) is 18.6 Å². The summed E-state index contributed by atoms with van der Waals surface area (Å²) in [6, 6.07) is 8.81. The van der Waals surface area contributed by atoms with Gasteiger partial charge in [0.1, 0.15) is 18.5 Å². The third-order valence-corrected chi connectivity index (χ3v) is 6.82. The fraction of sp³-hybridized carbons (Fsp3) is 0.739. The highest BCUT2D eigenvalue weighted by molar-refractivity contribution is 5.85. The fourth-order valence-corrected chi connectivity index (χ4v) is 6.04. The van der Waals surface area contributed by atoms with E-state index in [4.69, 9.17) is 4.74 Å². The largest absolute Gasteiger partial charge is 0.491 e. The Kier molecular flexibility index (Phi) is 6.15. The van der Waals surface area contributed by atoms with Crippen LogP contribution in [-0.4, -0.2) is 29.9 Å². The van der Waals surface area contributed by atoms with E-state index < -0.39 is 6.10 Å². The summed E-state index contributed by atoms with van der Waals surface area (Å²) in [5, 5.41) is 13.4. The lowest BCUT2D eigenvalue weighted by Crippen LogP contribution is -2.48. The normalized spacial score (nSPS) is 32.8. The van der Waals surface area contributed by atoms with Gasteiger partial charge in [-0.05, 0) is 100 Å². The monoisotopic (exact) mass is 393 g/mol. The molecule has 1 aromatic carbocycles. The minimum absolute atomic E-state index is 0. The van der Waals surface area contributed by atoms with Crippen LogP contribution in [0.15, 0.2) is 24.3 Å². The number of ether oxygens (including phenoxy) is 1. The van der Waals surface area contributed by atoms with Crippen molar-refractivity contribution < 1.29 is 9.84 Å². The zero-order valence-corrected chi connectivity index (χ0v) is 17.9. The van der Waals surface area contributed by atoms with E-state index in [1.807, 2.05) is 0 Å². The number of aliphatic hydroxyl groups excluding tert-OH is 1. The molecule has 1 unspecified atom stereocenters. The van der Waals surface area contributed by atoms with Crippen molar-refractivity contribution in [2.75, 3.05) is 13.2 Å². The standard InChI is InChI=1S/C23H35NO2.ClH/c1-22(2,3)24-14-20(25)15-26-21-6-4-19(5-7-21)23-11-16-8-17(12-23)10-18(9-16)13-23;/h4-7,16-18,20,24-25H,8-15H2,1-3H3;1H. The number of halogens is 1. The van der Waals surface area contributed by atoms with Crippen molar-refractivity contribution in [3.05, 3.63) is 29.8 Å². The first-order valence-corrected chi connectivity index (χ1v) is 10.5. The molecule has 0 spiro atoms. The van der Waals surface area contributed by atoms with Crippen LogP contribution in [0.1, 0.15) is 64.9 Å². The van der Waals surface area contributed by atoms with Crippen LogP contribution in [0.25, 0.3) is 0 Å². The van der Waals surface area contributed by atoms with E-state index in [1.165, 1.54) is 44.1 Å². The topological polar surface area (TPSA) is 41.5 Å². The van der Waals surface area contributed by atoms with Gasteiger partial charge in [0.2, 0.25) is 0 Å². The second-order valence-electron chi connectivity index (χ2n) is 10.3. The van der Waals surface area contributed by atoms with Gasteiger partial charge >= 0.3 is 0 Å². The smallest absolute Gasteiger partial charge is 0.119 e. The Morgan fingerprint density at radius 1 is 1.04 bits per heavy atom. The Morgan fingerprint density at radius 2 is 1.56 bits per heavy atom. The van der Waals surface area contributed by atoms with Crippen LogP contribution >= 0.6 is 12.4 Å². The highest BCUT2D eigenvalue weighted by atomic mass is 35.5. The summed E-state index contributed by atoms with van der Waals surface area (Å²) >= 11 is 0. The number of hydrogen-bond donors (Lipinski definition) is 2. The predicted octanol–water partition coefficient (Wildman–Crippen LogP) is 4.70. The summed E-state index contributed by atoms with van der Waals surface area (Å²) < 4.78 is 5.82. The number of β-amino-alcohol motifs (C(OH)–C–C–N with tert-alkyl or cyclic N) is 1. The van der Waals surface area contributed by atoms with E-state index in [2.05, 4.69) is 50.4 Å². The van der Waals surface area contributed by atoms with Crippen LogP contribution in [0.5, 0.6) is 5.75 Å². The summed E-state index contributed by atoms with van der Waals surface area (Å²) in [4.78, 5) is 0. The molecule has 27 heavy (non-hydrogen) atoms. The first kappa shape index (κ1) is 21.0. The molecule has 4 aliphatic carbocycles. The molecule has 5 rings (SSSR count). The van der Waals surface area contributed by atoms with Crippen LogP contribution in [0, 0.1) is 17.8 Å². The molecule has 4 aliphatic rings. The van der Waals surface area contributed by atoms with Crippen LogP contribution < -0.4 is 10.1 Å². The van der Waals surface area contributed by atoms with Crippen molar-refractivity contribution in [2.45, 2.75) is 76.4 Å². The first-order valence-electron chi connectivity index (χ1n) is 10.5. The zero-order valence-electron chi connectivity index (χ0n) is 17.0. The first-order chi connectivity index (χ1) is 12.3. The van der Waals surface area contributed by atoms with E-state index in [9.17, 15) is 5.11 Å². The maximum atomic E-state index is 10.1. The molecule has 1 aromatic rings. The lowest BCUT2D eigenvalue weighted by Gasteiger charge is -2.57. The number of rotatable bonds is 6. The maximum Gasteiger partial charge on any atom is 0.119 e. The molecule has 3 nitrogen and oxygen atoms in total. The van der Waals surface area contributed by atoms with Gasteiger partial charge in [0.05, 0.1) is 0 Å². The third kappa shape index (κ3) is 4.81.